The molecule has 1 saturated carbocycles. The van der Waals surface area contributed by atoms with Crippen molar-refractivity contribution < 1.29 is 0 Å². The zero-order valence-corrected chi connectivity index (χ0v) is 7.19. The van der Waals surface area contributed by atoms with Crippen LogP contribution in [0.5, 0.6) is 0 Å². The molecule has 0 radical (unpaired) electrons. The molecule has 0 aromatic carbocycles. The van der Waals surface area contributed by atoms with E-state index >= 15 is 0 Å². The first kappa shape index (κ1) is 8.06. The largest absolute Gasteiger partial charge is 0.317 e. The molecular formula is C9H19N. The van der Waals surface area contributed by atoms with E-state index in [0.29, 0.717) is 0 Å². The van der Waals surface area contributed by atoms with Crippen molar-refractivity contribution in [3.8, 4) is 0 Å². The van der Waals surface area contributed by atoms with Crippen molar-refractivity contribution in [1.29, 1.82) is 0 Å². The van der Waals surface area contributed by atoms with Gasteiger partial charge in [-0.25, -0.2) is 0 Å². The van der Waals surface area contributed by atoms with Crippen molar-refractivity contribution in [2.75, 3.05) is 7.05 Å². The molecule has 0 spiro atoms. The molecule has 1 rings (SSSR count). The zero-order valence-electron chi connectivity index (χ0n) is 7.19. The summed E-state index contributed by atoms with van der Waals surface area (Å²) in [7, 11) is 2.10. The molecule has 1 aliphatic rings. The molecule has 0 unspecified atom stereocenters. The van der Waals surface area contributed by atoms with Crippen molar-refractivity contribution in [2.24, 2.45) is 5.92 Å². The summed E-state index contributed by atoms with van der Waals surface area (Å²) in [4.78, 5) is 0. The van der Waals surface area contributed by atoms with Gasteiger partial charge in [-0.05, 0) is 32.2 Å². The van der Waals surface area contributed by atoms with E-state index in [2.05, 4.69) is 19.3 Å². The predicted molar refractivity (Wildman–Crippen MR) is 45.1 cm³/mol. The predicted octanol–water partition coefficient (Wildman–Crippen LogP) is 2.17. The Bertz CT molecular complexity index is 90.7. The number of hydrogen-bond acceptors (Lipinski definition) is 1. The Labute approximate surface area is 64.2 Å². The maximum atomic E-state index is 3.40. The Morgan fingerprint density at radius 3 is 2.80 bits per heavy atom. The van der Waals surface area contributed by atoms with Gasteiger partial charge in [-0.2, -0.15) is 0 Å². The van der Waals surface area contributed by atoms with Crippen LogP contribution in [0.15, 0.2) is 0 Å². The molecule has 1 fully saturated rings. The van der Waals surface area contributed by atoms with Crippen molar-refractivity contribution in [3.63, 3.8) is 0 Å². The van der Waals surface area contributed by atoms with Crippen LogP contribution in [0.1, 0.15) is 39.0 Å². The first-order valence-electron chi connectivity index (χ1n) is 4.55. The molecule has 1 nitrogen and oxygen atoms in total. The van der Waals surface area contributed by atoms with Crippen LogP contribution in [0, 0.1) is 5.92 Å². The van der Waals surface area contributed by atoms with Crippen molar-refractivity contribution in [1.82, 2.24) is 5.32 Å². The van der Waals surface area contributed by atoms with Gasteiger partial charge in [0.2, 0.25) is 0 Å². The van der Waals surface area contributed by atoms with Crippen LogP contribution >= 0.6 is 0 Å². The Morgan fingerprint density at radius 1 is 1.40 bits per heavy atom. The third-order valence-corrected chi connectivity index (χ3v) is 2.69. The average molecular weight is 141 g/mol. The highest BCUT2D eigenvalue weighted by Gasteiger charge is 2.24. The topological polar surface area (TPSA) is 12.0 Å². The summed E-state index contributed by atoms with van der Waals surface area (Å²) in [5.74, 6) is 0.981. The molecule has 1 N–H and O–H groups in total. The highest BCUT2D eigenvalue weighted by Crippen LogP contribution is 2.28. The summed E-state index contributed by atoms with van der Waals surface area (Å²) < 4.78 is 0. The highest BCUT2D eigenvalue weighted by atomic mass is 14.9. The second-order valence-corrected chi connectivity index (χ2v) is 3.37. The van der Waals surface area contributed by atoms with Gasteiger partial charge in [0.1, 0.15) is 0 Å². The molecule has 0 saturated heterocycles. The van der Waals surface area contributed by atoms with E-state index < -0.39 is 0 Å². The first-order chi connectivity index (χ1) is 4.88. The van der Waals surface area contributed by atoms with Gasteiger partial charge >= 0.3 is 0 Å². The fourth-order valence-electron chi connectivity index (χ4n) is 2.13. The average Bonchev–Trinajstić information content (AvgIpc) is 2.36. The third kappa shape index (κ3) is 1.72. The van der Waals surface area contributed by atoms with Crippen molar-refractivity contribution >= 4 is 0 Å². The lowest BCUT2D eigenvalue weighted by Crippen LogP contribution is -2.28. The summed E-state index contributed by atoms with van der Waals surface area (Å²) in [5, 5.41) is 3.40. The Morgan fingerprint density at radius 2 is 2.20 bits per heavy atom. The van der Waals surface area contributed by atoms with Crippen LogP contribution in [0.25, 0.3) is 0 Å². The molecule has 0 aromatic heterocycles. The van der Waals surface area contributed by atoms with Gasteiger partial charge < -0.3 is 5.32 Å². The summed E-state index contributed by atoms with van der Waals surface area (Å²) in [5.41, 5.74) is 0. The first-order valence-corrected chi connectivity index (χ1v) is 4.55. The van der Waals surface area contributed by atoms with Crippen LogP contribution in [-0.4, -0.2) is 13.1 Å². The maximum Gasteiger partial charge on any atom is 0.00923 e. The van der Waals surface area contributed by atoms with Crippen molar-refractivity contribution in [2.45, 2.75) is 45.1 Å². The molecule has 10 heavy (non-hydrogen) atoms. The fraction of sp³-hybridized carbons (Fsp3) is 1.00. The van der Waals surface area contributed by atoms with E-state index in [-0.39, 0.29) is 0 Å². The summed E-state index contributed by atoms with van der Waals surface area (Å²) in [6.45, 7) is 2.28. The second kappa shape index (κ2) is 3.97. The molecule has 60 valence electrons. The SMILES string of the molecule is CCC[C@H]1CCC[C@H]1NC. The lowest BCUT2D eigenvalue weighted by atomic mass is 9.98. The summed E-state index contributed by atoms with van der Waals surface area (Å²) in [6.07, 6.45) is 7.07. The van der Waals surface area contributed by atoms with Gasteiger partial charge in [-0.1, -0.05) is 19.8 Å². The Balaban J connectivity index is 2.27. The Hall–Kier alpha value is -0.0400. The zero-order chi connectivity index (χ0) is 7.40. The van der Waals surface area contributed by atoms with Gasteiger partial charge in [-0.15, -0.1) is 0 Å². The lowest BCUT2D eigenvalue weighted by Gasteiger charge is -2.17. The van der Waals surface area contributed by atoms with E-state index in [1.807, 2.05) is 0 Å². The smallest absolute Gasteiger partial charge is 0.00923 e. The van der Waals surface area contributed by atoms with E-state index in [1.54, 1.807) is 0 Å². The van der Waals surface area contributed by atoms with Crippen molar-refractivity contribution in [3.05, 3.63) is 0 Å². The van der Waals surface area contributed by atoms with Crippen LogP contribution in [0.3, 0.4) is 0 Å². The molecule has 0 aliphatic heterocycles. The molecule has 2 atom stereocenters. The van der Waals surface area contributed by atoms with Crippen LogP contribution in [0.4, 0.5) is 0 Å². The molecule has 0 heterocycles. The molecule has 0 aromatic rings. The molecule has 1 aliphatic carbocycles. The molecule has 0 bridgehead atoms. The summed E-state index contributed by atoms with van der Waals surface area (Å²) in [6, 6.07) is 0.833. The minimum absolute atomic E-state index is 0.833. The van der Waals surface area contributed by atoms with E-state index in [0.717, 1.165) is 12.0 Å². The van der Waals surface area contributed by atoms with Gasteiger partial charge in [0.25, 0.3) is 0 Å². The fourth-order valence-corrected chi connectivity index (χ4v) is 2.13. The summed E-state index contributed by atoms with van der Waals surface area (Å²) >= 11 is 0. The lowest BCUT2D eigenvalue weighted by molar-refractivity contribution is 0.397. The van der Waals surface area contributed by atoms with E-state index in [1.165, 1.54) is 32.1 Å². The maximum absolute atomic E-state index is 3.40. The second-order valence-electron chi connectivity index (χ2n) is 3.37. The minimum Gasteiger partial charge on any atom is -0.317 e. The normalized spacial score (nSPS) is 33.0. The van der Waals surface area contributed by atoms with Crippen LogP contribution in [0.2, 0.25) is 0 Å². The van der Waals surface area contributed by atoms with E-state index in [4.69, 9.17) is 0 Å². The minimum atomic E-state index is 0.833. The van der Waals surface area contributed by atoms with Gasteiger partial charge in [0.15, 0.2) is 0 Å². The Kier molecular flexibility index (Phi) is 3.20. The monoisotopic (exact) mass is 141 g/mol. The number of hydrogen-bond donors (Lipinski definition) is 1. The van der Waals surface area contributed by atoms with Gasteiger partial charge in [0.05, 0.1) is 0 Å². The van der Waals surface area contributed by atoms with Crippen LogP contribution in [-0.2, 0) is 0 Å². The van der Waals surface area contributed by atoms with Gasteiger partial charge in [0, 0.05) is 6.04 Å². The van der Waals surface area contributed by atoms with Gasteiger partial charge in [-0.3, -0.25) is 0 Å². The standard InChI is InChI=1S/C9H19N/c1-3-5-8-6-4-7-9(8)10-2/h8-10H,3-7H2,1-2H3/t8-,9+/m0/s1. The highest BCUT2D eigenvalue weighted by molar-refractivity contribution is 4.81. The third-order valence-electron chi connectivity index (χ3n) is 2.69. The molecule has 1 heteroatoms. The molecular weight excluding hydrogens is 122 g/mol. The quantitative estimate of drug-likeness (QED) is 0.635. The number of nitrogens with one attached hydrogen (secondary N) is 1. The molecule has 0 amide bonds. The van der Waals surface area contributed by atoms with Crippen LogP contribution < -0.4 is 5.32 Å². The number of rotatable bonds is 3. The van der Waals surface area contributed by atoms with E-state index in [9.17, 15) is 0 Å².